The number of alkyl halides is 3. The Bertz CT molecular complexity index is 397. The van der Waals surface area contributed by atoms with Gasteiger partial charge in [0, 0.05) is 15.9 Å². The van der Waals surface area contributed by atoms with E-state index in [-0.39, 0.29) is 0 Å². The van der Waals surface area contributed by atoms with Crippen molar-refractivity contribution >= 4 is 37.4 Å². The van der Waals surface area contributed by atoms with Crippen LogP contribution in [0.15, 0.2) is 15.5 Å². The van der Waals surface area contributed by atoms with Gasteiger partial charge in [-0.05, 0) is 0 Å². The normalized spacial score (nSPS) is 11.9. The van der Waals surface area contributed by atoms with Crippen molar-refractivity contribution in [2.45, 2.75) is 5.51 Å². The van der Waals surface area contributed by atoms with E-state index in [4.69, 9.17) is 13.0 Å². The van der Waals surface area contributed by atoms with Crippen molar-refractivity contribution in [3.05, 3.63) is 15.5 Å². The molecule has 0 fully saturated rings. The minimum Gasteiger partial charge on any atom is -0.741 e. The van der Waals surface area contributed by atoms with E-state index >= 15 is 0 Å². The molecule has 88 valence electrons. The Morgan fingerprint density at radius 3 is 2.00 bits per heavy atom. The van der Waals surface area contributed by atoms with Crippen LogP contribution in [0.3, 0.4) is 0 Å². The Labute approximate surface area is 96.2 Å². The summed E-state index contributed by atoms with van der Waals surface area (Å²) in [6, 6.07) is 0. The first-order valence-electron chi connectivity index (χ1n) is 3.16. The van der Waals surface area contributed by atoms with Gasteiger partial charge >= 0.3 is 9.43 Å². The van der Waals surface area contributed by atoms with Crippen LogP contribution in [0.2, 0.25) is 0 Å². The van der Waals surface area contributed by atoms with Gasteiger partial charge in [0.2, 0.25) is 0 Å². The predicted molar refractivity (Wildman–Crippen MR) is 48.9 cm³/mol. The summed E-state index contributed by atoms with van der Waals surface area (Å²) in [5.74, 6) is 0. The molecule has 0 aliphatic rings. The molecule has 1 aromatic rings. The quantitative estimate of drug-likeness (QED) is 0.411. The molecule has 1 aromatic heterocycles. The van der Waals surface area contributed by atoms with Gasteiger partial charge in [0.1, 0.15) is 7.05 Å². The first-order valence-corrected chi connectivity index (χ1v) is 6.24. The second-order valence-electron chi connectivity index (χ2n) is 2.17. The van der Waals surface area contributed by atoms with Crippen LogP contribution in [0.5, 0.6) is 0 Å². The Morgan fingerprint density at radius 2 is 1.93 bits per heavy atom. The number of aryl methyl sites for hydroxylation is 1. The van der Waals surface area contributed by atoms with Crippen LogP contribution >= 0.6 is 27.3 Å². The highest BCUT2D eigenvalue weighted by atomic mass is 79.9. The van der Waals surface area contributed by atoms with Gasteiger partial charge in [0.25, 0.3) is 0 Å². The second kappa shape index (κ2) is 5.23. The molecule has 0 radical (unpaired) electrons. The summed E-state index contributed by atoms with van der Waals surface area (Å²) in [4.78, 5) is 0. The molecule has 0 spiro atoms. The van der Waals surface area contributed by atoms with E-state index < -0.39 is 15.6 Å². The van der Waals surface area contributed by atoms with Crippen molar-refractivity contribution in [3.63, 3.8) is 0 Å². The summed E-state index contributed by atoms with van der Waals surface area (Å²) in [7, 11) is -4.09. The smallest absolute Gasteiger partial charge is 0.485 e. The molecule has 0 saturated heterocycles. The minimum atomic E-state index is -6.09. The van der Waals surface area contributed by atoms with E-state index in [2.05, 4.69) is 15.9 Å². The number of hydrogen-bond donors (Lipinski definition) is 0. The van der Waals surface area contributed by atoms with Gasteiger partial charge in [-0.1, -0.05) is 11.3 Å². The molecule has 0 aromatic carbocycles. The van der Waals surface area contributed by atoms with Gasteiger partial charge in [-0.15, -0.1) is 0 Å². The summed E-state index contributed by atoms with van der Waals surface area (Å²) in [6.45, 7) is 0. The van der Waals surface area contributed by atoms with Gasteiger partial charge in [0.05, 0.1) is 5.38 Å². The first-order chi connectivity index (χ1) is 6.55. The monoisotopic (exact) mass is 327 g/mol. The Hall–Kier alpha value is -0.190. The van der Waals surface area contributed by atoms with Gasteiger partial charge in [-0.2, -0.15) is 17.7 Å². The van der Waals surface area contributed by atoms with Crippen molar-refractivity contribution in [2.75, 3.05) is 0 Å². The third-order valence-corrected chi connectivity index (χ3v) is 3.44. The molecule has 0 atom stereocenters. The molecule has 1 rings (SSSR count). The standard InChI is InChI=1S/C4H5BrNS.CHF3O3S/c1-6-2-3-7-4(6)5;2-1(3,4)8(5,6)7/h2-3H,1H3;(H,5,6,7)/q+1;/p-1. The number of thiazole rings is 1. The van der Waals surface area contributed by atoms with Crippen LogP contribution < -0.4 is 4.57 Å². The highest BCUT2D eigenvalue weighted by Gasteiger charge is 2.36. The highest BCUT2D eigenvalue weighted by molar-refractivity contribution is 9.11. The van der Waals surface area contributed by atoms with Crippen LogP contribution in [-0.2, 0) is 17.2 Å². The molecule has 0 unspecified atom stereocenters. The third kappa shape index (κ3) is 5.44. The first kappa shape index (κ1) is 14.8. The van der Waals surface area contributed by atoms with Crippen LogP contribution in [0.1, 0.15) is 0 Å². The van der Waals surface area contributed by atoms with E-state index in [1.54, 1.807) is 11.3 Å². The minimum absolute atomic E-state index is 1.16. The zero-order valence-corrected chi connectivity index (χ0v) is 10.4. The summed E-state index contributed by atoms with van der Waals surface area (Å²) in [6.07, 6.45) is 2.01. The van der Waals surface area contributed by atoms with E-state index in [0.717, 1.165) is 3.92 Å². The molecular formula is C5H5BrF3NO3S2. The van der Waals surface area contributed by atoms with Crippen LogP contribution in [0, 0.1) is 0 Å². The van der Waals surface area contributed by atoms with E-state index in [9.17, 15) is 13.2 Å². The SMILES string of the molecule is C[n+]1ccsc1Br.O=S(=O)([O-])C(F)(F)F. The lowest BCUT2D eigenvalue weighted by Gasteiger charge is -2.08. The summed E-state index contributed by atoms with van der Waals surface area (Å²) < 4.78 is 62.1. The predicted octanol–water partition coefficient (Wildman–Crippen LogP) is 1.39. The maximum atomic E-state index is 10.7. The van der Waals surface area contributed by atoms with Gasteiger partial charge < -0.3 is 4.55 Å². The zero-order valence-electron chi connectivity index (χ0n) is 7.16. The molecule has 0 aliphatic heterocycles. The summed E-state index contributed by atoms with van der Waals surface area (Å²) in [5, 5.41) is 2.03. The number of halogens is 4. The van der Waals surface area contributed by atoms with Gasteiger partial charge in [0.15, 0.2) is 16.3 Å². The fourth-order valence-corrected chi connectivity index (χ4v) is 1.34. The molecule has 0 aliphatic carbocycles. The van der Waals surface area contributed by atoms with Crippen LogP contribution in [0.25, 0.3) is 0 Å². The van der Waals surface area contributed by atoms with Crippen molar-refractivity contribution in [3.8, 4) is 0 Å². The lowest BCUT2D eigenvalue weighted by atomic mass is 10.9. The maximum absolute atomic E-state index is 10.7. The van der Waals surface area contributed by atoms with Crippen molar-refractivity contribution in [1.82, 2.24) is 0 Å². The molecule has 0 amide bonds. The Kier molecular flexibility index (Phi) is 5.17. The molecule has 0 saturated carbocycles. The molecule has 15 heavy (non-hydrogen) atoms. The van der Waals surface area contributed by atoms with Crippen molar-refractivity contribution in [2.24, 2.45) is 7.05 Å². The molecule has 4 nitrogen and oxygen atoms in total. The molecule has 0 bridgehead atoms. The highest BCUT2D eigenvalue weighted by Crippen LogP contribution is 2.20. The number of aromatic nitrogens is 1. The Balaban J connectivity index is 0.000000262. The average molecular weight is 328 g/mol. The van der Waals surface area contributed by atoms with E-state index in [0.29, 0.717) is 0 Å². The third-order valence-electron chi connectivity index (χ3n) is 1.01. The van der Waals surface area contributed by atoms with Crippen LogP contribution in [0.4, 0.5) is 13.2 Å². The molecule has 10 heteroatoms. The number of hydrogen-bond acceptors (Lipinski definition) is 4. The van der Waals surface area contributed by atoms with Gasteiger partial charge in [-0.25, -0.2) is 8.42 Å². The molecule has 1 heterocycles. The zero-order chi connectivity index (χ0) is 12.3. The van der Waals surface area contributed by atoms with Crippen LogP contribution in [-0.4, -0.2) is 18.5 Å². The summed E-state index contributed by atoms with van der Waals surface area (Å²) in [5.41, 5.74) is -5.65. The van der Waals surface area contributed by atoms with Crippen molar-refractivity contribution in [1.29, 1.82) is 0 Å². The van der Waals surface area contributed by atoms with E-state index in [1.807, 2.05) is 23.2 Å². The van der Waals surface area contributed by atoms with Gasteiger partial charge in [-0.3, -0.25) is 0 Å². The fourth-order valence-electron chi connectivity index (χ4n) is 0.320. The topological polar surface area (TPSA) is 61.1 Å². The largest absolute Gasteiger partial charge is 0.741 e. The van der Waals surface area contributed by atoms with Crippen molar-refractivity contribution < 1.29 is 30.7 Å². The average Bonchev–Trinajstić information content (AvgIpc) is 2.33. The maximum Gasteiger partial charge on any atom is 0.485 e. The Morgan fingerprint density at radius 1 is 1.53 bits per heavy atom. The molecule has 0 N–H and O–H groups in total. The van der Waals surface area contributed by atoms with E-state index in [1.165, 1.54) is 0 Å². The summed E-state index contributed by atoms with van der Waals surface area (Å²) >= 11 is 5.03. The lowest BCUT2D eigenvalue weighted by molar-refractivity contribution is -0.677. The molecular weight excluding hydrogens is 323 g/mol. The number of rotatable bonds is 0. The second-order valence-corrected chi connectivity index (χ2v) is 5.71. The number of nitrogens with zero attached hydrogens (tertiary/aromatic N) is 1. The lowest BCUT2D eigenvalue weighted by Crippen LogP contribution is -2.24. The fraction of sp³-hybridized carbons (Fsp3) is 0.400.